The topological polar surface area (TPSA) is 55.1 Å². The number of carbonyl (C=O) groups is 1. The first kappa shape index (κ1) is 12.4. The van der Waals surface area contributed by atoms with E-state index < -0.39 is 0 Å². The molecule has 3 N–H and O–H groups in total. The molecular weight excluding hydrogens is 303 g/mol. The first-order valence-electron chi connectivity index (χ1n) is 4.81. The van der Waals surface area contributed by atoms with Gasteiger partial charge in [0.25, 0.3) is 5.91 Å². The van der Waals surface area contributed by atoms with Crippen molar-refractivity contribution < 1.29 is 4.79 Å². The second-order valence-corrected chi connectivity index (χ2v) is 4.76. The van der Waals surface area contributed by atoms with E-state index in [4.69, 9.17) is 5.73 Å². The normalized spacial score (nSPS) is 12.3. The number of rotatable bonds is 3. The first-order chi connectivity index (χ1) is 7.04. The van der Waals surface area contributed by atoms with Crippen LogP contribution in [0.1, 0.15) is 22.8 Å². The molecule has 0 aliphatic carbocycles. The number of carbonyl (C=O) groups excluding carboxylic acids is 1. The highest BCUT2D eigenvalue weighted by molar-refractivity contribution is 14.1. The summed E-state index contributed by atoms with van der Waals surface area (Å²) in [7, 11) is 0. The zero-order valence-corrected chi connectivity index (χ0v) is 11.0. The Hall–Kier alpha value is -0.620. The molecule has 3 nitrogen and oxygen atoms in total. The summed E-state index contributed by atoms with van der Waals surface area (Å²) >= 11 is 2.16. The van der Waals surface area contributed by atoms with Crippen molar-refractivity contribution in [2.75, 3.05) is 6.54 Å². The predicted molar refractivity (Wildman–Crippen MR) is 69.9 cm³/mol. The number of hydrogen-bond donors (Lipinski definition) is 2. The molecule has 1 aromatic rings. The van der Waals surface area contributed by atoms with Crippen molar-refractivity contribution in [3.8, 4) is 0 Å². The quantitative estimate of drug-likeness (QED) is 0.833. The van der Waals surface area contributed by atoms with Crippen molar-refractivity contribution in [2.45, 2.75) is 19.9 Å². The molecular formula is C11H15IN2O. The van der Waals surface area contributed by atoms with Gasteiger partial charge in [-0.1, -0.05) is 11.6 Å². The summed E-state index contributed by atoms with van der Waals surface area (Å²) in [5.41, 5.74) is 7.25. The van der Waals surface area contributed by atoms with Gasteiger partial charge in [0.05, 0.1) is 5.56 Å². The molecule has 4 heteroatoms. The Morgan fingerprint density at radius 2 is 2.27 bits per heavy atom. The van der Waals surface area contributed by atoms with Gasteiger partial charge in [-0.25, -0.2) is 0 Å². The van der Waals surface area contributed by atoms with Crippen molar-refractivity contribution in [2.24, 2.45) is 5.73 Å². The van der Waals surface area contributed by atoms with Crippen LogP contribution >= 0.6 is 22.6 Å². The van der Waals surface area contributed by atoms with Gasteiger partial charge in [-0.15, -0.1) is 0 Å². The lowest BCUT2D eigenvalue weighted by Gasteiger charge is -2.12. The number of nitrogens with two attached hydrogens (primary N) is 1. The van der Waals surface area contributed by atoms with Crippen LogP contribution in [0, 0.1) is 10.5 Å². The molecule has 1 aromatic carbocycles. The molecule has 1 amide bonds. The molecule has 0 radical (unpaired) electrons. The van der Waals surface area contributed by atoms with Crippen molar-refractivity contribution in [1.29, 1.82) is 0 Å². The molecule has 0 spiro atoms. The number of nitrogens with one attached hydrogen (secondary N) is 1. The Morgan fingerprint density at radius 1 is 1.60 bits per heavy atom. The Morgan fingerprint density at radius 3 is 2.87 bits per heavy atom. The monoisotopic (exact) mass is 318 g/mol. The minimum absolute atomic E-state index is 0.00816. The average Bonchev–Trinajstić information content (AvgIpc) is 2.21. The van der Waals surface area contributed by atoms with Crippen LogP contribution in [0.5, 0.6) is 0 Å². The molecule has 1 atom stereocenters. The highest BCUT2D eigenvalue weighted by Crippen LogP contribution is 2.14. The fraction of sp³-hybridized carbons (Fsp3) is 0.364. The average molecular weight is 318 g/mol. The maximum absolute atomic E-state index is 11.8. The summed E-state index contributed by atoms with van der Waals surface area (Å²) in [6, 6.07) is 5.83. The predicted octanol–water partition coefficient (Wildman–Crippen LogP) is 1.68. The summed E-state index contributed by atoms with van der Waals surface area (Å²) in [5, 5.41) is 2.85. The van der Waals surface area contributed by atoms with Crippen LogP contribution < -0.4 is 11.1 Å². The highest BCUT2D eigenvalue weighted by Gasteiger charge is 2.11. The maximum Gasteiger partial charge on any atom is 0.252 e. The van der Waals surface area contributed by atoms with E-state index in [2.05, 4.69) is 27.9 Å². The van der Waals surface area contributed by atoms with Gasteiger partial charge in [0, 0.05) is 16.2 Å². The number of benzene rings is 1. The summed E-state index contributed by atoms with van der Waals surface area (Å²) in [4.78, 5) is 11.8. The SMILES string of the molecule is Cc1ccc(I)c(C(=O)N[C@H](C)CN)c1. The van der Waals surface area contributed by atoms with Crippen molar-refractivity contribution >= 4 is 28.5 Å². The lowest BCUT2D eigenvalue weighted by molar-refractivity contribution is 0.0940. The maximum atomic E-state index is 11.8. The van der Waals surface area contributed by atoms with Crippen LogP contribution in [-0.4, -0.2) is 18.5 Å². The number of amides is 1. The zero-order chi connectivity index (χ0) is 11.4. The van der Waals surface area contributed by atoms with Crippen LogP contribution in [0.25, 0.3) is 0 Å². The lowest BCUT2D eigenvalue weighted by atomic mass is 10.1. The van der Waals surface area contributed by atoms with Gasteiger partial charge >= 0.3 is 0 Å². The molecule has 0 unspecified atom stereocenters. The first-order valence-corrected chi connectivity index (χ1v) is 5.89. The molecule has 15 heavy (non-hydrogen) atoms. The fourth-order valence-corrected chi connectivity index (χ4v) is 1.75. The summed E-state index contributed by atoms with van der Waals surface area (Å²) in [6.07, 6.45) is 0. The number of hydrogen-bond acceptors (Lipinski definition) is 2. The van der Waals surface area contributed by atoms with Crippen LogP contribution in [0.2, 0.25) is 0 Å². The summed E-state index contributed by atoms with van der Waals surface area (Å²) in [6.45, 7) is 4.31. The van der Waals surface area contributed by atoms with Crippen LogP contribution in [0.15, 0.2) is 18.2 Å². The standard InChI is InChI=1S/C11H15IN2O/c1-7-3-4-10(12)9(5-7)11(15)14-8(2)6-13/h3-5,8H,6,13H2,1-2H3,(H,14,15)/t8-/m1/s1. The third-order valence-corrected chi connectivity index (χ3v) is 3.04. The zero-order valence-electron chi connectivity index (χ0n) is 8.88. The third kappa shape index (κ3) is 3.46. The van der Waals surface area contributed by atoms with Crippen LogP contribution in [0.4, 0.5) is 0 Å². The van der Waals surface area contributed by atoms with Crippen LogP contribution in [-0.2, 0) is 0 Å². The van der Waals surface area contributed by atoms with E-state index in [0.717, 1.165) is 14.7 Å². The van der Waals surface area contributed by atoms with E-state index in [-0.39, 0.29) is 11.9 Å². The fourth-order valence-electron chi connectivity index (χ4n) is 1.17. The Kier molecular flexibility index (Phi) is 4.53. The van der Waals surface area contributed by atoms with E-state index in [1.54, 1.807) is 0 Å². The largest absolute Gasteiger partial charge is 0.348 e. The van der Waals surface area contributed by atoms with E-state index in [0.29, 0.717) is 6.54 Å². The number of halogens is 1. The molecule has 0 fully saturated rings. The van der Waals surface area contributed by atoms with E-state index in [1.165, 1.54) is 0 Å². The molecule has 82 valence electrons. The van der Waals surface area contributed by atoms with Gasteiger partial charge in [0.2, 0.25) is 0 Å². The second kappa shape index (κ2) is 5.46. The Bertz CT molecular complexity index is 366. The molecule has 0 saturated carbocycles. The molecule has 0 saturated heterocycles. The van der Waals surface area contributed by atoms with E-state index in [9.17, 15) is 4.79 Å². The molecule has 0 aliphatic heterocycles. The van der Waals surface area contributed by atoms with Gasteiger partial charge < -0.3 is 11.1 Å². The molecule has 1 rings (SSSR count). The number of aryl methyl sites for hydroxylation is 1. The third-order valence-electron chi connectivity index (χ3n) is 2.10. The van der Waals surface area contributed by atoms with E-state index >= 15 is 0 Å². The minimum atomic E-state index is -0.0546. The Labute approximate surface area is 104 Å². The van der Waals surface area contributed by atoms with E-state index in [1.807, 2.05) is 32.0 Å². The van der Waals surface area contributed by atoms with Gasteiger partial charge in [-0.2, -0.15) is 0 Å². The molecule has 0 aliphatic rings. The highest BCUT2D eigenvalue weighted by atomic mass is 127. The molecule has 0 heterocycles. The molecule has 0 bridgehead atoms. The van der Waals surface area contributed by atoms with Crippen molar-refractivity contribution in [3.63, 3.8) is 0 Å². The summed E-state index contributed by atoms with van der Waals surface area (Å²) in [5.74, 6) is -0.0546. The Balaban J connectivity index is 2.86. The van der Waals surface area contributed by atoms with Crippen LogP contribution in [0.3, 0.4) is 0 Å². The van der Waals surface area contributed by atoms with Gasteiger partial charge in [-0.05, 0) is 48.6 Å². The van der Waals surface area contributed by atoms with Crippen molar-refractivity contribution in [3.05, 3.63) is 32.9 Å². The lowest BCUT2D eigenvalue weighted by Crippen LogP contribution is -2.38. The smallest absolute Gasteiger partial charge is 0.252 e. The molecule has 0 aromatic heterocycles. The summed E-state index contributed by atoms with van der Waals surface area (Å²) < 4.78 is 0.958. The second-order valence-electron chi connectivity index (χ2n) is 3.59. The van der Waals surface area contributed by atoms with Gasteiger partial charge in [0.15, 0.2) is 0 Å². The minimum Gasteiger partial charge on any atom is -0.348 e. The van der Waals surface area contributed by atoms with Gasteiger partial charge in [-0.3, -0.25) is 4.79 Å². The van der Waals surface area contributed by atoms with Gasteiger partial charge in [0.1, 0.15) is 0 Å². The van der Waals surface area contributed by atoms with Crippen molar-refractivity contribution in [1.82, 2.24) is 5.32 Å².